The van der Waals surface area contributed by atoms with Gasteiger partial charge in [0.25, 0.3) is 0 Å². The molecule has 0 aliphatic rings. The van der Waals surface area contributed by atoms with Crippen LogP contribution in [-0.4, -0.2) is 48.7 Å². The molecule has 0 amide bonds. The Morgan fingerprint density at radius 3 is 2.33 bits per heavy atom. The predicted molar refractivity (Wildman–Crippen MR) is 48.3 cm³/mol. The highest BCUT2D eigenvalue weighted by Gasteiger charge is 2.25. The summed E-state index contributed by atoms with van der Waals surface area (Å²) in [6.07, 6.45) is 0. The second-order valence-corrected chi connectivity index (χ2v) is 3.66. The van der Waals surface area contributed by atoms with E-state index in [1.165, 1.54) is 0 Å². The highest BCUT2D eigenvalue weighted by molar-refractivity contribution is 5.77. The minimum Gasteiger partial charge on any atom is -0.480 e. The number of carboxylic acid groups (broad SMARTS) is 1. The Morgan fingerprint density at radius 1 is 1.50 bits per heavy atom. The average Bonchev–Trinajstić information content (AvgIpc) is 1.85. The van der Waals surface area contributed by atoms with Crippen molar-refractivity contribution in [3.63, 3.8) is 0 Å². The molecule has 72 valence electrons. The summed E-state index contributed by atoms with van der Waals surface area (Å²) in [7, 11) is 3.91. The highest BCUT2D eigenvalue weighted by atomic mass is 16.4. The molecule has 0 bridgehead atoms. The summed E-state index contributed by atoms with van der Waals surface area (Å²) in [5, 5.41) is 11.7. The van der Waals surface area contributed by atoms with Crippen molar-refractivity contribution in [1.29, 1.82) is 0 Å². The van der Waals surface area contributed by atoms with Gasteiger partial charge in [-0.25, -0.2) is 0 Å². The molecule has 0 saturated carbocycles. The third kappa shape index (κ3) is 4.31. The minimum absolute atomic E-state index is 0.687. The van der Waals surface area contributed by atoms with Crippen LogP contribution in [0, 0.1) is 0 Å². The molecule has 4 nitrogen and oxygen atoms in total. The van der Waals surface area contributed by atoms with E-state index in [4.69, 9.17) is 5.11 Å². The maximum absolute atomic E-state index is 10.6. The summed E-state index contributed by atoms with van der Waals surface area (Å²) in [4.78, 5) is 12.6. The zero-order valence-corrected chi connectivity index (χ0v) is 8.22. The van der Waals surface area contributed by atoms with Gasteiger partial charge < -0.3 is 15.3 Å². The van der Waals surface area contributed by atoms with Gasteiger partial charge in [0.2, 0.25) is 0 Å². The van der Waals surface area contributed by atoms with Gasteiger partial charge in [0, 0.05) is 13.1 Å². The van der Waals surface area contributed by atoms with Crippen molar-refractivity contribution in [2.24, 2.45) is 0 Å². The molecule has 0 aliphatic heterocycles. The van der Waals surface area contributed by atoms with Crippen LogP contribution in [0.1, 0.15) is 13.8 Å². The summed E-state index contributed by atoms with van der Waals surface area (Å²) in [6.45, 7) is 4.85. The molecule has 0 aromatic heterocycles. The van der Waals surface area contributed by atoms with Crippen molar-refractivity contribution in [1.82, 2.24) is 10.2 Å². The summed E-state index contributed by atoms with van der Waals surface area (Å²) >= 11 is 0. The van der Waals surface area contributed by atoms with E-state index >= 15 is 0 Å². The normalized spacial score (nSPS) is 12.1. The van der Waals surface area contributed by atoms with Gasteiger partial charge in [-0.3, -0.25) is 4.79 Å². The maximum atomic E-state index is 10.6. The molecule has 0 fully saturated rings. The Hall–Kier alpha value is -0.610. The zero-order chi connectivity index (χ0) is 9.78. The van der Waals surface area contributed by atoms with Gasteiger partial charge in [0.1, 0.15) is 5.54 Å². The van der Waals surface area contributed by atoms with Crippen molar-refractivity contribution in [2.75, 3.05) is 27.2 Å². The van der Waals surface area contributed by atoms with E-state index in [1.807, 2.05) is 19.0 Å². The van der Waals surface area contributed by atoms with E-state index < -0.39 is 11.5 Å². The molecule has 0 aromatic carbocycles. The molecular weight excluding hydrogens is 156 g/mol. The Labute approximate surface area is 73.6 Å². The van der Waals surface area contributed by atoms with Crippen LogP contribution in [-0.2, 0) is 4.79 Å². The van der Waals surface area contributed by atoms with E-state index in [2.05, 4.69) is 5.32 Å². The molecule has 0 spiro atoms. The number of hydrogen-bond acceptors (Lipinski definition) is 3. The van der Waals surface area contributed by atoms with Crippen LogP contribution >= 0.6 is 0 Å². The molecule has 0 atom stereocenters. The molecule has 0 unspecified atom stereocenters. The third-order valence-corrected chi connectivity index (χ3v) is 1.66. The molecule has 2 N–H and O–H groups in total. The number of nitrogens with zero attached hydrogens (tertiary/aromatic N) is 1. The van der Waals surface area contributed by atoms with Crippen molar-refractivity contribution in [3.8, 4) is 0 Å². The molecule has 0 rings (SSSR count). The van der Waals surface area contributed by atoms with Gasteiger partial charge >= 0.3 is 5.97 Å². The molecule has 0 heterocycles. The number of carbonyl (C=O) groups is 1. The Bertz CT molecular complexity index is 155. The first kappa shape index (κ1) is 11.4. The maximum Gasteiger partial charge on any atom is 0.323 e. The lowest BCUT2D eigenvalue weighted by Gasteiger charge is -2.22. The second kappa shape index (κ2) is 4.42. The van der Waals surface area contributed by atoms with E-state index in [1.54, 1.807) is 13.8 Å². The third-order valence-electron chi connectivity index (χ3n) is 1.66. The Balaban J connectivity index is 3.69. The number of hydrogen-bond donors (Lipinski definition) is 2. The Morgan fingerprint density at radius 2 is 2.00 bits per heavy atom. The highest BCUT2D eigenvalue weighted by Crippen LogP contribution is 2.00. The van der Waals surface area contributed by atoms with Gasteiger partial charge in [-0.2, -0.15) is 0 Å². The quantitative estimate of drug-likeness (QED) is 0.616. The molecule has 12 heavy (non-hydrogen) atoms. The summed E-state index contributed by atoms with van der Waals surface area (Å²) < 4.78 is 0. The minimum atomic E-state index is -0.823. The lowest BCUT2D eigenvalue weighted by Crippen LogP contribution is -2.48. The molecule has 0 radical (unpaired) electrons. The molecular formula is C8H18N2O2. The van der Waals surface area contributed by atoms with Crippen LogP contribution in [0.3, 0.4) is 0 Å². The fourth-order valence-electron chi connectivity index (χ4n) is 0.668. The van der Waals surface area contributed by atoms with Crippen LogP contribution in [0.15, 0.2) is 0 Å². The van der Waals surface area contributed by atoms with Crippen LogP contribution < -0.4 is 5.32 Å². The van der Waals surface area contributed by atoms with Crippen LogP contribution in [0.5, 0.6) is 0 Å². The average molecular weight is 174 g/mol. The fraction of sp³-hybridized carbons (Fsp3) is 0.875. The van der Waals surface area contributed by atoms with Gasteiger partial charge in [-0.1, -0.05) is 0 Å². The van der Waals surface area contributed by atoms with E-state index in [0.29, 0.717) is 6.54 Å². The molecule has 0 saturated heterocycles. The summed E-state index contributed by atoms with van der Waals surface area (Å²) in [5.41, 5.74) is -0.823. The largest absolute Gasteiger partial charge is 0.480 e. The monoisotopic (exact) mass is 174 g/mol. The van der Waals surface area contributed by atoms with Crippen molar-refractivity contribution >= 4 is 5.97 Å². The van der Waals surface area contributed by atoms with Crippen molar-refractivity contribution in [2.45, 2.75) is 19.4 Å². The molecule has 0 aliphatic carbocycles. The van der Waals surface area contributed by atoms with Crippen LogP contribution in [0.25, 0.3) is 0 Å². The van der Waals surface area contributed by atoms with Gasteiger partial charge in [0.15, 0.2) is 0 Å². The number of aliphatic carboxylic acids is 1. The van der Waals surface area contributed by atoms with Crippen LogP contribution in [0.4, 0.5) is 0 Å². The van der Waals surface area contributed by atoms with E-state index in [9.17, 15) is 4.79 Å². The topological polar surface area (TPSA) is 52.6 Å². The van der Waals surface area contributed by atoms with Gasteiger partial charge in [-0.05, 0) is 27.9 Å². The van der Waals surface area contributed by atoms with Crippen LogP contribution in [0.2, 0.25) is 0 Å². The summed E-state index contributed by atoms with van der Waals surface area (Å²) in [5.74, 6) is -0.818. The number of nitrogens with one attached hydrogen (secondary N) is 1. The molecule has 0 aromatic rings. The molecule has 4 heteroatoms. The van der Waals surface area contributed by atoms with Crippen molar-refractivity contribution < 1.29 is 9.90 Å². The second-order valence-electron chi connectivity index (χ2n) is 3.66. The van der Waals surface area contributed by atoms with Gasteiger partial charge in [0.05, 0.1) is 0 Å². The van der Waals surface area contributed by atoms with E-state index in [-0.39, 0.29) is 0 Å². The lowest BCUT2D eigenvalue weighted by molar-refractivity contribution is -0.143. The summed E-state index contributed by atoms with van der Waals surface area (Å²) in [6, 6.07) is 0. The first-order valence-electron chi connectivity index (χ1n) is 3.99. The predicted octanol–water partition coefficient (Wildman–Crippen LogP) is 0.000800. The SMILES string of the molecule is CN(C)CCNC(C)(C)C(=O)O. The Kier molecular flexibility index (Phi) is 4.20. The number of rotatable bonds is 5. The smallest absolute Gasteiger partial charge is 0.323 e. The first-order chi connectivity index (χ1) is 5.36. The standard InChI is InChI=1S/C8H18N2O2/c1-8(2,7(11)12)9-5-6-10(3)4/h9H,5-6H2,1-4H3,(H,11,12). The number of likely N-dealkylation sites (N-methyl/N-ethyl adjacent to an activating group) is 1. The van der Waals surface area contributed by atoms with Gasteiger partial charge in [-0.15, -0.1) is 0 Å². The zero-order valence-electron chi connectivity index (χ0n) is 8.22. The number of carboxylic acids is 1. The first-order valence-corrected chi connectivity index (χ1v) is 3.99. The van der Waals surface area contributed by atoms with E-state index in [0.717, 1.165) is 6.54 Å². The van der Waals surface area contributed by atoms with Crippen molar-refractivity contribution in [3.05, 3.63) is 0 Å². The lowest BCUT2D eigenvalue weighted by atomic mass is 10.1. The fourth-order valence-corrected chi connectivity index (χ4v) is 0.668.